The number of carbonyl (C=O) groups is 1. The highest BCUT2D eigenvalue weighted by atomic mass is 16.5. The summed E-state index contributed by atoms with van der Waals surface area (Å²) in [5.41, 5.74) is 0. The number of aliphatic imine (C=N–C) groups is 1. The molecule has 1 rings (SSSR count). The second kappa shape index (κ2) is 5.38. The van der Waals surface area contributed by atoms with Gasteiger partial charge in [-0.25, -0.2) is 4.99 Å². The fourth-order valence-corrected chi connectivity index (χ4v) is 1.48. The molecule has 1 heterocycles. The van der Waals surface area contributed by atoms with Crippen LogP contribution in [0.25, 0.3) is 0 Å². The third-order valence-electron chi connectivity index (χ3n) is 2.03. The average Bonchev–Trinajstić information content (AvgIpc) is 2.48. The SMILES string of the molecule is C=CCC1CN(CC(=O)O)C(OCC)=N1. The number of hydrogen-bond acceptors (Lipinski definition) is 4. The van der Waals surface area contributed by atoms with Crippen LogP contribution in [0.2, 0.25) is 0 Å². The van der Waals surface area contributed by atoms with Gasteiger partial charge in [-0.1, -0.05) is 6.08 Å². The molecular weight excluding hydrogens is 196 g/mol. The Hall–Kier alpha value is -1.52. The lowest BCUT2D eigenvalue weighted by molar-refractivity contribution is -0.137. The number of carboxylic acids is 1. The maximum Gasteiger partial charge on any atom is 0.323 e. The molecule has 1 aliphatic heterocycles. The standard InChI is InChI=1S/C10H16N2O3/c1-3-5-8-6-12(7-9(13)14)10(11-8)15-4-2/h3,8H,1,4-7H2,2H3,(H,13,14). The zero-order valence-electron chi connectivity index (χ0n) is 8.85. The van der Waals surface area contributed by atoms with Gasteiger partial charge in [0.15, 0.2) is 0 Å². The van der Waals surface area contributed by atoms with E-state index in [9.17, 15) is 4.79 Å². The topological polar surface area (TPSA) is 62.1 Å². The lowest BCUT2D eigenvalue weighted by Crippen LogP contribution is -2.35. The average molecular weight is 212 g/mol. The van der Waals surface area contributed by atoms with Gasteiger partial charge in [0.1, 0.15) is 6.54 Å². The van der Waals surface area contributed by atoms with E-state index in [4.69, 9.17) is 9.84 Å². The van der Waals surface area contributed by atoms with Crippen LogP contribution in [0.1, 0.15) is 13.3 Å². The quantitative estimate of drug-likeness (QED) is 0.682. The first-order chi connectivity index (χ1) is 7.17. The highest BCUT2D eigenvalue weighted by Gasteiger charge is 2.26. The molecule has 0 aromatic carbocycles. The van der Waals surface area contributed by atoms with E-state index >= 15 is 0 Å². The molecule has 5 heteroatoms. The molecule has 84 valence electrons. The van der Waals surface area contributed by atoms with Gasteiger partial charge in [-0.2, -0.15) is 0 Å². The van der Waals surface area contributed by atoms with E-state index in [0.717, 1.165) is 6.42 Å². The number of nitrogens with zero attached hydrogens (tertiary/aromatic N) is 2. The van der Waals surface area contributed by atoms with Crippen LogP contribution in [0.4, 0.5) is 0 Å². The summed E-state index contributed by atoms with van der Waals surface area (Å²) in [6, 6.07) is 0.509. The summed E-state index contributed by atoms with van der Waals surface area (Å²) in [5, 5.41) is 8.70. The van der Waals surface area contributed by atoms with Crippen molar-refractivity contribution in [2.75, 3.05) is 19.7 Å². The summed E-state index contributed by atoms with van der Waals surface area (Å²) in [5.74, 6) is -0.873. The molecule has 5 nitrogen and oxygen atoms in total. The number of rotatable bonds is 5. The molecule has 0 amide bonds. The van der Waals surface area contributed by atoms with Gasteiger partial charge in [0.2, 0.25) is 0 Å². The molecular formula is C10H16N2O3. The first-order valence-electron chi connectivity index (χ1n) is 4.95. The Morgan fingerprint density at radius 1 is 1.87 bits per heavy atom. The molecule has 1 unspecified atom stereocenters. The second-order valence-electron chi connectivity index (χ2n) is 3.30. The number of amidine groups is 1. The largest absolute Gasteiger partial charge is 0.480 e. The first kappa shape index (κ1) is 11.6. The van der Waals surface area contributed by atoms with E-state index in [1.54, 1.807) is 11.0 Å². The van der Waals surface area contributed by atoms with Crippen molar-refractivity contribution >= 4 is 12.0 Å². The zero-order valence-corrected chi connectivity index (χ0v) is 8.85. The maximum absolute atomic E-state index is 10.6. The molecule has 15 heavy (non-hydrogen) atoms. The van der Waals surface area contributed by atoms with E-state index < -0.39 is 5.97 Å². The smallest absolute Gasteiger partial charge is 0.323 e. The minimum atomic E-state index is -0.873. The molecule has 0 saturated carbocycles. The molecule has 1 atom stereocenters. The summed E-state index contributed by atoms with van der Waals surface area (Å²) in [7, 11) is 0. The van der Waals surface area contributed by atoms with Crippen LogP contribution in [0.15, 0.2) is 17.6 Å². The normalized spacial score (nSPS) is 19.9. The number of carboxylic acid groups (broad SMARTS) is 1. The maximum atomic E-state index is 10.6. The lowest BCUT2D eigenvalue weighted by atomic mass is 10.2. The number of hydrogen-bond donors (Lipinski definition) is 1. The Labute approximate surface area is 89.1 Å². The molecule has 0 aromatic heterocycles. The summed E-state index contributed by atoms with van der Waals surface area (Å²) < 4.78 is 5.27. The van der Waals surface area contributed by atoms with Crippen molar-refractivity contribution in [1.29, 1.82) is 0 Å². The van der Waals surface area contributed by atoms with Crippen molar-refractivity contribution in [3.05, 3.63) is 12.7 Å². The summed E-state index contributed by atoms with van der Waals surface area (Å²) in [6.07, 6.45) is 2.52. The third-order valence-corrected chi connectivity index (χ3v) is 2.03. The number of ether oxygens (including phenoxy) is 1. The molecule has 1 aliphatic rings. The van der Waals surface area contributed by atoms with Gasteiger partial charge in [-0.15, -0.1) is 6.58 Å². The van der Waals surface area contributed by atoms with Crippen molar-refractivity contribution in [1.82, 2.24) is 4.90 Å². The van der Waals surface area contributed by atoms with E-state index in [0.29, 0.717) is 19.2 Å². The Morgan fingerprint density at radius 2 is 2.60 bits per heavy atom. The van der Waals surface area contributed by atoms with E-state index in [2.05, 4.69) is 11.6 Å². The van der Waals surface area contributed by atoms with Crippen LogP contribution >= 0.6 is 0 Å². The van der Waals surface area contributed by atoms with Gasteiger partial charge in [0, 0.05) is 6.54 Å². The van der Waals surface area contributed by atoms with Crippen LogP contribution in [0.3, 0.4) is 0 Å². The Morgan fingerprint density at radius 3 is 3.13 bits per heavy atom. The van der Waals surface area contributed by atoms with Crippen molar-refractivity contribution in [3.8, 4) is 0 Å². The Kier molecular flexibility index (Phi) is 4.15. The van der Waals surface area contributed by atoms with Gasteiger partial charge in [0.25, 0.3) is 6.02 Å². The van der Waals surface area contributed by atoms with Crippen LogP contribution in [-0.4, -0.2) is 47.7 Å². The molecule has 0 fully saturated rings. The molecule has 0 spiro atoms. The van der Waals surface area contributed by atoms with Crippen molar-refractivity contribution in [3.63, 3.8) is 0 Å². The summed E-state index contributed by atoms with van der Waals surface area (Å²) >= 11 is 0. The third kappa shape index (κ3) is 3.27. The number of aliphatic carboxylic acids is 1. The van der Waals surface area contributed by atoms with Gasteiger partial charge >= 0.3 is 5.97 Å². The fourth-order valence-electron chi connectivity index (χ4n) is 1.48. The van der Waals surface area contributed by atoms with Crippen LogP contribution in [0, 0.1) is 0 Å². The molecule has 0 aliphatic carbocycles. The highest BCUT2D eigenvalue weighted by Crippen LogP contribution is 2.13. The van der Waals surface area contributed by atoms with Crippen molar-refractivity contribution in [2.45, 2.75) is 19.4 Å². The van der Waals surface area contributed by atoms with E-state index in [-0.39, 0.29) is 12.6 Å². The van der Waals surface area contributed by atoms with Crippen molar-refractivity contribution in [2.24, 2.45) is 4.99 Å². The summed E-state index contributed by atoms with van der Waals surface area (Å²) in [6.45, 7) is 6.51. The first-order valence-corrected chi connectivity index (χ1v) is 4.95. The molecule has 0 radical (unpaired) electrons. The summed E-state index contributed by atoms with van der Waals surface area (Å²) in [4.78, 5) is 16.5. The van der Waals surface area contributed by atoms with Gasteiger partial charge in [0.05, 0.1) is 12.6 Å². The molecule has 0 aromatic rings. The van der Waals surface area contributed by atoms with Crippen LogP contribution < -0.4 is 0 Å². The predicted octanol–water partition coefficient (Wildman–Crippen LogP) is 0.724. The molecule has 0 saturated heterocycles. The lowest BCUT2D eigenvalue weighted by Gasteiger charge is -2.17. The van der Waals surface area contributed by atoms with Gasteiger partial charge in [-0.3, -0.25) is 4.79 Å². The Balaban J connectivity index is 2.60. The minimum Gasteiger partial charge on any atom is -0.480 e. The molecule has 0 bridgehead atoms. The van der Waals surface area contributed by atoms with Crippen molar-refractivity contribution < 1.29 is 14.6 Å². The highest BCUT2D eigenvalue weighted by molar-refractivity contribution is 5.81. The second-order valence-corrected chi connectivity index (χ2v) is 3.30. The predicted molar refractivity (Wildman–Crippen MR) is 56.9 cm³/mol. The van der Waals surface area contributed by atoms with E-state index in [1.807, 2.05) is 6.92 Å². The molecule has 1 N–H and O–H groups in total. The van der Waals surface area contributed by atoms with Crippen LogP contribution in [-0.2, 0) is 9.53 Å². The van der Waals surface area contributed by atoms with E-state index in [1.165, 1.54) is 0 Å². The van der Waals surface area contributed by atoms with Gasteiger partial charge in [-0.05, 0) is 13.3 Å². The zero-order chi connectivity index (χ0) is 11.3. The minimum absolute atomic E-state index is 0.0630. The van der Waals surface area contributed by atoms with Gasteiger partial charge < -0.3 is 14.7 Å². The Bertz CT molecular complexity index is 276. The fraction of sp³-hybridized carbons (Fsp3) is 0.600. The van der Waals surface area contributed by atoms with Crippen LogP contribution in [0.5, 0.6) is 0 Å². The monoisotopic (exact) mass is 212 g/mol.